The second-order valence-corrected chi connectivity index (χ2v) is 4.78. The van der Waals surface area contributed by atoms with E-state index in [9.17, 15) is 4.39 Å². The summed E-state index contributed by atoms with van der Waals surface area (Å²) in [5, 5.41) is 0. The minimum Gasteiger partial charge on any atom is -0.327 e. The van der Waals surface area contributed by atoms with Gasteiger partial charge in [-0.05, 0) is 24.8 Å². The van der Waals surface area contributed by atoms with E-state index in [1.807, 2.05) is 18.2 Å². The lowest BCUT2D eigenvalue weighted by molar-refractivity contribution is 0.401. The number of hydrogen-bond acceptors (Lipinski definition) is 1. The van der Waals surface area contributed by atoms with E-state index in [-0.39, 0.29) is 5.82 Å². The molecular weight excluding hydrogens is 213 g/mol. The zero-order chi connectivity index (χ0) is 12.1. The third kappa shape index (κ3) is 3.16. The van der Waals surface area contributed by atoms with Gasteiger partial charge in [0, 0.05) is 12.1 Å². The van der Waals surface area contributed by atoms with E-state index < -0.39 is 0 Å². The zero-order valence-corrected chi connectivity index (χ0v) is 10.2. The number of halogens is 1. The van der Waals surface area contributed by atoms with E-state index >= 15 is 0 Å². The molecule has 1 fully saturated rings. The molecule has 0 aliphatic heterocycles. The SMILES string of the molecule is NCC(=Cc1ccccc1F)C1CCCCC1. The fraction of sp³-hybridized carbons (Fsp3) is 0.467. The summed E-state index contributed by atoms with van der Waals surface area (Å²) in [6.45, 7) is 0.541. The van der Waals surface area contributed by atoms with Crippen LogP contribution in [0.3, 0.4) is 0 Å². The van der Waals surface area contributed by atoms with Gasteiger partial charge in [0.2, 0.25) is 0 Å². The Kier molecular flexibility index (Phi) is 4.32. The van der Waals surface area contributed by atoms with Crippen molar-refractivity contribution in [3.63, 3.8) is 0 Å². The van der Waals surface area contributed by atoms with Crippen LogP contribution in [0.2, 0.25) is 0 Å². The second kappa shape index (κ2) is 5.97. The molecule has 1 saturated carbocycles. The van der Waals surface area contributed by atoms with Gasteiger partial charge in [0.1, 0.15) is 5.82 Å². The van der Waals surface area contributed by atoms with Gasteiger partial charge in [0.05, 0.1) is 0 Å². The largest absolute Gasteiger partial charge is 0.327 e. The van der Waals surface area contributed by atoms with Crippen molar-refractivity contribution in [2.45, 2.75) is 32.1 Å². The van der Waals surface area contributed by atoms with Crippen LogP contribution in [0.15, 0.2) is 29.8 Å². The fourth-order valence-electron chi connectivity index (χ4n) is 2.61. The highest BCUT2D eigenvalue weighted by Crippen LogP contribution is 2.30. The van der Waals surface area contributed by atoms with Crippen LogP contribution in [0.4, 0.5) is 4.39 Å². The molecule has 2 rings (SSSR count). The van der Waals surface area contributed by atoms with Gasteiger partial charge in [-0.15, -0.1) is 0 Å². The molecule has 92 valence electrons. The van der Waals surface area contributed by atoms with Crippen LogP contribution in [0.25, 0.3) is 6.08 Å². The highest BCUT2D eigenvalue weighted by atomic mass is 19.1. The molecule has 0 aromatic heterocycles. The van der Waals surface area contributed by atoms with Gasteiger partial charge in [-0.1, -0.05) is 49.1 Å². The molecule has 0 atom stereocenters. The van der Waals surface area contributed by atoms with Crippen LogP contribution >= 0.6 is 0 Å². The average molecular weight is 233 g/mol. The molecule has 0 unspecified atom stereocenters. The molecule has 0 radical (unpaired) electrons. The van der Waals surface area contributed by atoms with E-state index in [0.29, 0.717) is 18.0 Å². The van der Waals surface area contributed by atoms with Crippen LogP contribution in [0.5, 0.6) is 0 Å². The van der Waals surface area contributed by atoms with Gasteiger partial charge in [-0.3, -0.25) is 0 Å². The Balaban J connectivity index is 2.19. The Hall–Kier alpha value is -1.15. The third-order valence-electron chi connectivity index (χ3n) is 3.61. The maximum Gasteiger partial charge on any atom is 0.130 e. The molecule has 1 aliphatic rings. The molecule has 0 saturated heterocycles. The molecule has 0 heterocycles. The summed E-state index contributed by atoms with van der Waals surface area (Å²) in [5.74, 6) is 0.405. The average Bonchev–Trinajstić information content (AvgIpc) is 2.39. The molecule has 0 bridgehead atoms. The second-order valence-electron chi connectivity index (χ2n) is 4.78. The van der Waals surface area contributed by atoms with Crippen LogP contribution in [-0.4, -0.2) is 6.54 Å². The summed E-state index contributed by atoms with van der Waals surface area (Å²) in [6, 6.07) is 6.90. The fourth-order valence-corrected chi connectivity index (χ4v) is 2.61. The van der Waals surface area contributed by atoms with Crippen molar-refractivity contribution in [2.75, 3.05) is 6.54 Å². The Labute approximate surface area is 103 Å². The number of hydrogen-bond donors (Lipinski definition) is 1. The van der Waals surface area contributed by atoms with Gasteiger partial charge in [-0.2, -0.15) is 0 Å². The summed E-state index contributed by atoms with van der Waals surface area (Å²) in [6.07, 6.45) is 8.24. The molecule has 2 heteroatoms. The Morgan fingerprint density at radius 1 is 1.24 bits per heavy atom. The van der Waals surface area contributed by atoms with Gasteiger partial charge in [0.25, 0.3) is 0 Å². The number of rotatable bonds is 3. The maximum atomic E-state index is 13.6. The van der Waals surface area contributed by atoms with Gasteiger partial charge < -0.3 is 5.73 Å². The maximum absolute atomic E-state index is 13.6. The normalized spacial score (nSPS) is 18.4. The Morgan fingerprint density at radius 2 is 1.94 bits per heavy atom. The standard InChI is InChI=1S/C15H20FN/c16-15-9-5-4-8-13(15)10-14(11-17)12-6-2-1-3-7-12/h4-5,8-10,12H,1-3,6-7,11,17H2. The van der Waals surface area contributed by atoms with Crippen LogP contribution < -0.4 is 5.73 Å². The first-order valence-corrected chi connectivity index (χ1v) is 6.46. The predicted molar refractivity (Wildman–Crippen MR) is 70.0 cm³/mol. The van der Waals surface area contributed by atoms with Crippen molar-refractivity contribution < 1.29 is 4.39 Å². The monoisotopic (exact) mass is 233 g/mol. The van der Waals surface area contributed by atoms with Gasteiger partial charge >= 0.3 is 0 Å². The quantitative estimate of drug-likeness (QED) is 0.845. The minimum atomic E-state index is -0.158. The first-order chi connectivity index (χ1) is 8.31. The zero-order valence-electron chi connectivity index (χ0n) is 10.2. The van der Waals surface area contributed by atoms with E-state index in [2.05, 4.69) is 0 Å². The minimum absolute atomic E-state index is 0.158. The summed E-state index contributed by atoms with van der Waals surface area (Å²) < 4.78 is 13.6. The molecule has 17 heavy (non-hydrogen) atoms. The lowest BCUT2D eigenvalue weighted by Crippen LogP contribution is -2.16. The smallest absolute Gasteiger partial charge is 0.130 e. The van der Waals surface area contributed by atoms with Crippen molar-refractivity contribution in [1.29, 1.82) is 0 Å². The molecule has 1 aromatic carbocycles. The third-order valence-corrected chi connectivity index (χ3v) is 3.61. The van der Waals surface area contributed by atoms with Crippen LogP contribution in [0, 0.1) is 11.7 Å². The molecular formula is C15H20FN. The van der Waals surface area contributed by atoms with Crippen LogP contribution in [0.1, 0.15) is 37.7 Å². The highest BCUT2D eigenvalue weighted by molar-refractivity contribution is 5.54. The first kappa shape index (κ1) is 12.3. The van der Waals surface area contributed by atoms with E-state index in [1.54, 1.807) is 6.07 Å². The predicted octanol–water partition coefficient (Wildman–Crippen LogP) is 3.75. The summed E-state index contributed by atoms with van der Waals surface area (Å²) in [7, 11) is 0. The van der Waals surface area contributed by atoms with Gasteiger partial charge in [-0.25, -0.2) is 4.39 Å². The molecule has 1 nitrogen and oxygen atoms in total. The van der Waals surface area contributed by atoms with Crippen molar-refractivity contribution in [3.05, 3.63) is 41.2 Å². The molecule has 0 spiro atoms. The van der Waals surface area contributed by atoms with Crippen molar-refractivity contribution >= 4 is 6.08 Å². The van der Waals surface area contributed by atoms with Crippen molar-refractivity contribution in [2.24, 2.45) is 11.7 Å². The molecule has 1 aliphatic carbocycles. The lowest BCUT2D eigenvalue weighted by atomic mass is 9.83. The topological polar surface area (TPSA) is 26.0 Å². The number of benzene rings is 1. The summed E-state index contributed by atoms with van der Waals surface area (Å²) in [4.78, 5) is 0. The molecule has 2 N–H and O–H groups in total. The molecule has 0 amide bonds. The number of nitrogens with two attached hydrogens (primary N) is 1. The highest BCUT2D eigenvalue weighted by Gasteiger charge is 2.17. The summed E-state index contributed by atoms with van der Waals surface area (Å²) in [5.41, 5.74) is 7.68. The summed E-state index contributed by atoms with van der Waals surface area (Å²) >= 11 is 0. The van der Waals surface area contributed by atoms with Crippen molar-refractivity contribution in [1.82, 2.24) is 0 Å². The Morgan fingerprint density at radius 3 is 2.59 bits per heavy atom. The van der Waals surface area contributed by atoms with E-state index in [0.717, 1.165) is 0 Å². The molecule has 1 aromatic rings. The van der Waals surface area contributed by atoms with E-state index in [4.69, 9.17) is 5.73 Å². The lowest BCUT2D eigenvalue weighted by Gasteiger charge is -2.24. The first-order valence-electron chi connectivity index (χ1n) is 6.46. The Bertz CT molecular complexity index is 392. The van der Waals surface area contributed by atoms with Crippen molar-refractivity contribution in [3.8, 4) is 0 Å². The van der Waals surface area contributed by atoms with Gasteiger partial charge in [0.15, 0.2) is 0 Å². The van der Waals surface area contributed by atoms with Crippen LogP contribution in [-0.2, 0) is 0 Å². The van der Waals surface area contributed by atoms with E-state index in [1.165, 1.54) is 43.7 Å².